The lowest BCUT2D eigenvalue weighted by Gasteiger charge is -2.14. The highest BCUT2D eigenvalue weighted by Gasteiger charge is 2.11. The summed E-state index contributed by atoms with van der Waals surface area (Å²) in [6, 6.07) is 5.36. The Morgan fingerprint density at radius 3 is 2.71 bits per heavy atom. The maximum atomic E-state index is 6.03. The molecule has 1 nitrogen and oxygen atoms in total. The molecule has 1 aromatic rings. The summed E-state index contributed by atoms with van der Waals surface area (Å²) in [4.78, 5) is 0. The molecule has 0 radical (unpaired) electrons. The molecule has 0 saturated carbocycles. The van der Waals surface area contributed by atoms with E-state index in [-0.39, 0.29) is 6.04 Å². The summed E-state index contributed by atoms with van der Waals surface area (Å²) in [6.45, 7) is 5.76. The molecular formula is C11H13Cl2N. The van der Waals surface area contributed by atoms with Crippen LogP contribution in [0.3, 0.4) is 0 Å². The van der Waals surface area contributed by atoms with Gasteiger partial charge in [0.1, 0.15) is 0 Å². The van der Waals surface area contributed by atoms with Crippen molar-refractivity contribution in [2.75, 3.05) is 0 Å². The minimum atomic E-state index is -0.126. The minimum absolute atomic E-state index is 0.126. The van der Waals surface area contributed by atoms with E-state index >= 15 is 0 Å². The Labute approximate surface area is 94.5 Å². The highest BCUT2D eigenvalue weighted by Crippen LogP contribution is 2.30. The van der Waals surface area contributed by atoms with Crippen molar-refractivity contribution in [3.63, 3.8) is 0 Å². The van der Waals surface area contributed by atoms with Gasteiger partial charge >= 0.3 is 0 Å². The van der Waals surface area contributed by atoms with Crippen LogP contribution in [0.2, 0.25) is 10.0 Å². The van der Waals surface area contributed by atoms with Gasteiger partial charge in [0.25, 0.3) is 0 Å². The normalized spacial score (nSPS) is 12.6. The van der Waals surface area contributed by atoms with Crippen LogP contribution >= 0.6 is 23.2 Å². The van der Waals surface area contributed by atoms with Gasteiger partial charge in [0.2, 0.25) is 0 Å². The van der Waals surface area contributed by atoms with Crippen LogP contribution in [0.15, 0.2) is 30.4 Å². The van der Waals surface area contributed by atoms with Gasteiger partial charge in [-0.15, -0.1) is 6.58 Å². The average molecular weight is 230 g/mol. The van der Waals surface area contributed by atoms with E-state index in [1.807, 2.05) is 19.1 Å². The van der Waals surface area contributed by atoms with E-state index in [1.165, 1.54) is 0 Å². The molecule has 0 spiro atoms. The first kappa shape index (κ1) is 11.6. The molecule has 0 bridgehead atoms. The van der Waals surface area contributed by atoms with Crippen LogP contribution in [0.5, 0.6) is 0 Å². The minimum Gasteiger partial charge on any atom is -0.324 e. The van der Waals surface area contributed by atoms with E-state index in [4.69, 9.17) is 28.9 Å². The first-order valence-corrected chi connectivity index (χ1v) is 5.12. The van der Waals surface area contributed by atoms with Gasteiger partial charge < -0.3 is 5.73 Å². The summed E-state index contributed by atoms with van der Waals surface area (Å²) in [7, 11) is 0. The fourth-order valence-electron chi connectivity index (χ4n) is 1.29. The molecule has 1 rings (SSSR count). The monoisotopic (exact) mass is 229 g/mol. The number of hydrogen-bond acceptors (Lipinski definition) is 1. The van der Waals surface area contributed by atoms with Crippen molar-refractivity contribution < 1.29 is 0 Å². The van der Waals surface area contributed by atoms with Gasteiger partial charge in [-0.3, -0.25) is 0 Å². The van der Waals surface area contributed by atoms with E-state index in [9.17, 15) is 0 Å². The van der Waals surface area contributed by atoms with Gasteiger partial charge in [-0.25, -0.2) is 0 Å². The van der Waals surface area contributed by atoms with Crippen molar-refractivity contribution in [3.8, 4) is 0 Å². The smallest absolute Gasteiger partial charge is 0.0640 e. The quantitative estimate of drug-likeness (QED) is 0.781. The number of hydrogen-bond donors (Lipinski definition) is 1. The molecule has 0 aliphatic rings. The summed E-state index contributed by atoms with van der Waals surface area (Å²) >= 11 is 11.9. The van der Waals surface area contributed by atoms with Crippen molar-refractivity contribution in [1.29, 1.82) is 0 Å². The molecule has 14 heavy (non-hydrogen) atoms. The Morgan fingerprint density at radius 2 is 2.14 bits per heavy atom. The molecule has 0 aliphatic carbocycles. The van der Waals surface area contributed by atoms with Gasteiger partial charge in [-0.1, -0.05) is 40.9 Å². The van der Waals surface area contributed by atoms with Crippen LogP contribution < -0.4 is 5.73 Å². The first-order valence-electron chi connectivity index (χ1n) is 4.36. The molecule has 0 aromatic heterocycles. The van der Waals surface area contributed by atoms with Crippen molar-refractivity contribution >= 4 is 23.2 Å². The first-order chi connectivity index (χ1) is 6.52. The molecule has 1 aromatic carbocycles. The predicted molar refractivity (Wildman–Crippen MR) is 62.8 cm³/mol. The second kappa shape index (κ2) is 4.83. The highest BCUT2D eigenvalue weighted by atomic mass is 35.5. The zero-order valence-corrected chi connectivity index (χ0v) is 9.57. The Morgan fingerprint density at radius 1 is 1.50 bits per heavy atom. The lowest BCUT2D eigenvalue weighted by atomic mass is 10.0. The van der Waals surface area contributed by atoms with E-state index < -0.39 is 0 Å². The lowest BCUT2D eigenvalue weighted by molar-refractivity contribution is 0.717. The second-order valence-corrected chi connectivity index (χ2v) is 4.20. The van der Waals surface area contributed by atoms with Crippen LogP contribution in [-0.4, -0.2) is 0 Å². The largest absolute Gasteiger partial charge is 0.324 e. The predicted octanol–water partition coefficient (Wildman–Crippen LogP) is 3.96. The van der Waals surface area contributed by atoms with Gasteiger partial charge in [0, 0.05) is 6.04 Å². The summed E-state index contributed by atoms with van der Waals surface area (Å²) in [5.74, 6) is 0. The van der Waals surface area contributed by atoms with Crippen molar-refractivity contribution in [1.82, 2.24) is 0 Å². The van der Waals surface area contributed by atoms with Crippen LogP contribution in [0.4, 0.5) is 0 Å². The van der Waals surface area contributed by atoms with Crippen molar-refractivity contribution in [2.45, 2.75) is 19.4 Å². The average Bonchev–Trinajstić information content (AvgIpc) is 2.08. The van der Waals surface area contributed by atoms with Crippen LogP contribution in [0, 0.1) is 0 Å². The van der Waals surface area contributed by atoms with Crippen molar-refractivity contribution in [3.05, 3.63) is 46.0 Å². The van der Waals surface area contributed by atoms with E-state index in [2.05, 4.69) is 6.58 Å². The Balaban J connectivity index is 2.95. The topological polar surface area (TPSA) is 26.0 Å². The van der Waals surface area contributed by atoms with Crippen molar-refractivity contribution in [2.24, 2.45) is 5.73 Å². The van der Waals surface area contributed by atoms with Gasteiger partial charge in [0.15, 0.2) is 0 Å². The third-order valence-corrected chi connectivity index (χ3v) is 2.78. The summed E-state index contributed by atoms with van der Waals surface area (Å²) in [6.07, 6.45) is 0.722. The molecule has 0 saturated heterocycles. The van der Waals surface area contributed by atoms with E-state index in [1.54, 1.807) is 6.07 Å². The van der Waals surface area contributed by atoms with Crippen LogP contribution in [0.25, 0.3) is 0 Å². The molecule has 0 unspecified atom stereocenters. The second-order valence-electron chi connectivity index (χ2n) is 3.41. The summed E-state index contributed by atoms with van der Waals surface area (Å²) in [5.41, 5.74) is 7.87. The van der Waals surface area contributed by atoms with Gasteiger partial charge in [0.05, 0.1) is 10.0 Å². The molecule has 0 heterocycles. The highest BCUT2D eigenvalue weighted by molar-refractivity contribution is 6.42. The number of nitrogens with two attached hydrogens (primary N) is 1. The molecule has 0 aliphatic heterocycles. The molecular weight excluding hydrogens is 217 g/mol. The van der Waals surface area contributed by atoms with Crippen LogP contribution in [0.1, 0.15) is 24.9 Å². The fourth-order valence-corrected chi connectivity index (χ4v) is 1.74. The Kier molecular flexibility index (Phi) is 3.99. The molecule has 76 valence electrons. The summed E-state index contributed by atoms with van der Waals surface area (Å²) < 4.78 is 0. The number of halogens is 2. The molecule has 3 heteroatoms. The van der Waals surface area contributed by atoms with E-state index in [0.29, 0.717) is 10.0 Å². The maximum absolute atomic E-state index is 6.03. The van der Waals surface area contributed by atoms with Gasteiger partial charge in [-0.05, 0) is 25.0 Å². The Hall–Kier alpha value is -0.500. The molecule has 2 N–H and O–H groups in total. The molecule has 0 amide bonds. The lowest BCUT2D eigenvalue weighted by Crippen LogP contribution is -2.11. The fraction of sp³-hybridized carbons (Fsp3) is 0.273. The molecule has 1 atom stereocenters. The van der Waals surface area contributed by atoms with E-state index in [0.717, 1.165) is 17.6 Å². The standard InChI is InChI=1S/C11H13Cl2N/c1-7(2)6-10(14)8-4-3-5-9(12)11(8)13/h3-5,10H,1,6,14H2,2H3/t10-/m0/s1. The van der Waals surface area contributed by atoms with Crippen LogP contribution in [-0.2, 0) is 0 Å². The summed E-state index contributed by atoms with van der Waals surface area (Å²) in [5, 5.41) is 1.09. The maximum Gasteiger partial charge on any atom is 0.0640 e. The SMILES string of the molecule is C=C(C)C[C@H](N)c1cccc(Cl)c1Cl. The van der Waals surface area contributed by atoms with Gasteiger partial charge in [-0.2, -0.15) is 0 Å². The number of benzene rings is 1. The zero-order valence-electron chi connectivity index (χ0n) is 8.06. The zero-order chi connectivity index (χ0) is 10.7. The third-order valence-electron chi connectivity index (χ3n) is 1.95. The number of rotatable bonds is 3. The third kappa shape index (κ3) is 2.74. The molecule has 0 fully saturated rings. The Bertz CT molecular complexity index is 347.